The summed E-state index contributed by atoms with van der Waals surface area (Å²) in [6.07, 6.45) is 6.44. The van der Waals surface area contributed by atoms with E-state index in [2.05, 4.69) is 64.7 Å². The van der Waals surface area contributed by atoms with Gasteiger partial charge in [0.25, 0.3) is 0 Å². The van der Waals surface area contributed by atoms with Gasteiger partial charge in [0, 0.05) is 48.8 Å². The number of aromatic nitrogens is 1. The molecule has 2 atom stereocenters. The number of likely N-dealkylation sites (tertiary alicyclic amines) is 1. The maximum absolute atomic E-state index is 13.3. The van der Waals surface area contributed by atoms with Crippen LogP contribution in [0.1, 0.15) is 28.7 Å². The van der Waals surface area contributed by atoms with Crippen molar-refractivity contribution in [2.24, 2.45) is 16.8 Å². The summed E-state index contributed by atoms with van der Waals surface area (Å²) in [6, 6.07) is 20.8. The first-order valence-electron chi connectivity index (χ1n) is 11.8. The molecule has 5 nitrogen and oxygen atoms in total. The molecule has 3 heterocycles. The van der Waals surface area contributed by atoms with Crippen molar-refractivity contribution in [3.63, 3.8) is 0 Å². The van der Waals surface area contributed by atoms with E-state index < -0.39 is 0 Å². The van der Waals surface area contributed by atoms with Crippen LogP contribution >= 0.6 is 0 Å². The first-order valence-corrected chi connectivity index (χ1v) is 11.8. The molecule has 2 unspecified atom stereocenters. The summed E-state index contributed by atoms with van der Waals surface area (Å²) in [5, 5.41) is 3.21. The van der Waals surface area contributed by atoms with E-state index in [0.717, 1.165) is 61.4 Å². The molecule has 2 aromatic carbocycles. The van der Waals surface area contributed by atoms with Gasteiger partial charge < -0.3 is 10.2 Å². The Morgan fingerprint density at radius 1 is 1.06 bits per heavy atom. The Kier molecular flexibility index (Phi) is 6.31. The lowest BCUT2D eigenvalue weighted by molar-refractivity contribution is -0.122. The number of nitrogens with one attached hydrogen (secondary N) is 1. The van der Waals surface area contributed by atoms with Gasteiger partial charge in [-0.05, 0) is 67.6 Å². The molecule has 33 heavy (non-hydrogen) atoms. The Morgan fingerprint density at radius 3 is 2.70 bits per heavy atom. The van der Waals surface area contributed by atoms with Gasteiger partial charge >= 0.3 is 0 Å². The van der Waals surface area contributed by atoms with Gasteiger partial charge in [-0.15, -0.1) is 0 Å². The van der Waals surface area contributed by atoms with E-state index in [1.165, 1.54) is 11.1 Å². The Hall–Kier alpha value is -3.31. The second-order valence-corrected chi connectivity index (χ2v) is 9.29. The lowest BCUT2D eigenvalue weighted by Gasteiger charge is -2.35. The van der Waals surface area contributed by atoms with Gasteiger partial charge in [-0.25, -0.2) is 0 Å². The fourth-order valence-corrected chi connectivity index (χ4v) is 5.20. The highest BCUT2D eigenvalue weighted by molar-refractivity contribution is 6.14. The van der Waals surface area contributed by atoms with Crippen molar-refractivity contribution < 1.29 is 4.79 Å². The molecule has 5 heteroatoms. The molecule has 1 N–H and O–H groups in total. The molecule has 1 amide bonds. The summed E-state index contributed by atoms with van der Waals surface area (Å²) in [5.74, 6) is 0.579. The number of piperidine rings is 1. The van der Waals surface area contributed by atoms with Crippen molar-refractivity contribution in [3.8, 4) is 0 Å². The van der Waals surface area contributed by atoms with E-state index in [1.54, 1.807) is 12.4 Å². The highest BCUT2D eigenvalue weighted by Gasteiger charge is 2.30. The quantitative estimate of drug-likeness (QED) is 0.649. The van der Waals surface area contributed by atoms with Crippen molar-refractivity contribution in [1.29, 1.82) is 0 Å². The van der Waals surface area contributed by atoms with Crippen molar-refractivity contribution in [2.45, 2.75) is 19.3 Å². The molecule has 1 aromatic heterocycles. The van der Waals surface area contributed by atoms with Crippen molar-refractivity contribution in [1.82, 2.24) is 9.88 Å². The van der Waals surface area contributed by atoms with E-state index in [-0.39, 0.29) is 11.8 Å². The van der Waals surface area contributed by atoms with Gasteiger partial charge in [0.2, 0.25) is 5.91 Å². The SMILES string of the molecule is CN1CC(Cc2ccccc2)CC(C(=O)Nc2ccc3c(c2)C(c2ccncc2)=NCC3)C1. The molecule has 0 spiro atoms. The smallest absolute Gasteiger partial charge is 0.228 e. The number of pyridine rings is 1. The summed E-state index contributed by atoms with van der Waals surface area (Å²) < 4.78 is 0. The van der Waals surface area contributed by atoms with Crippen molar-refractivity contribution >= 4 is 17.3 Å². The molecule has 5 rings (SSSR count). The maximum atomic E-state index is 13.3. The lowest BCUT2D eigenvalue weighted by Crippen LogP contribution is -2.43. The third-order valence-electron chi connectivity index (χ3n) is 6.70. The average molecular weight is 439 g/mol. The van der Waals surface area contributed by atoms with Gasteiger partial charge in [-0.2, -0.15) is 0 Å². The fraction of sp³-hybridized carbons (Fsp3) is 0.321. The number of aliphatic imine (C=N–C) groups is 1. The van der Waals surface area contributed by atoms with Crippen LogP contribution in [0.2, 0.25) is 0 Å². The van der Waals surface area contributed by atoms with Crippen LogP contribution in [0.15, 0.2) is 78.0 Å². The minimum atomic E-state index is -0.0122. The Bertz CT molecular complexity index is 1140. The van der Waals surface area contributed by atoms with Crippen LogP contribution in [0.25, 0.3) is 0 Å². The van der Waals surface area contributed by atoms with Crippen LogP contribution in [0, 0.1) is 11.8 Å². The van der Waals surface area contributed by atoms with Gasteiger partial charge in [0.15, 0.2) is 0 Å². The summed E-state index contributed by atoms with van der Waals surface area (Å²) in [7, 11) is 2.12. The first kappa shape index (κ1) is 21.5. The molecule has 2 aliphatic rings. The number of hydrogen-bond donors (Lipinski definition) is 1. The van der Waals surface area contributed by atoms with Crippen LogP contribution < -0.4 is 5.32 Å². The van der Waals surface area contributed by atoms with E-state index in [9.17, 15) is 4.79 Å². The summed E-state index contributed by atoms with van der Waals surface area (Å²) >= 11 is 0. The number of hydrogen-bond acceptors (Lipinski definition) is 4. The number of carbonyl (C=O) groups is 1. The zero-order valence-electron chi connectivity index (χ0n) is 19.1. The molecular formula is C28H30N4O. The predicted molar refractivity (Wildman–Crippen MR) is 133 cm³/mol. The number of anilines is 1. The normalized spacial score (nSPS) is 20.6. The molecule has 0 saturated carbocycles. The average Bonchev–Trinajstić information content (AvgIpc) is 2.84. The molecule has 0 bridgehead atoms. The Labute approximate surface area is 195 Å². The summed E-state index contributed by atoms with van der Waals surface area (Å²) in [6.45, 7) is 2.61. The third-order valence-corrected chi connectivity index (χ3v) is 6.70. The van der Waals surface area contributed by atoms with Crippen LogP contribution in [-0.4, -0.2) is 48.2 Å². The van der Waals surface area contributed by atoms with Crippen LogP contribution in [0.3, 0.4) is 0 Å². The number of amides is 1. The zero-order valence-corrected chi connectivity index (χ0v) is 19.1. The van der Waals surface area contributed by atoms with Gasteiger partial charge in [0.05, 0.1) is 11.6 Å². The summed E-state index contributed by atoms with van der Waals surface area (Å²) in [5.41, 5.74) is 6.61. The second-order valence-electron chi connectivity index (χ2n) is 9.29. The van der Waals surface area contributed by atoms with E-state index in [4.69, 9.17) is 4.99 Å². The minimum Gasteiger partial charge on any atom is -0.326 e. The highest BCUT2D eigenvalue weighted by Crippen LogP contribution is 2.27. The molecular weight excluding hydrogens is 408 g/mol. The number of carbonyl (C=O) groups excluding carboxylic acids is 1. The lowest BCUT2D eigenvalue weighted by atomic mass is 9.85. The molecule has 3 aromatic rings. The largest absolute Gasteiger partial charge is 0.326 e. The van der Waals surface area contributed by atoms with Gasteiger partial charge in [-0.1, -0.05) is 36.4 Å². The number of benzene rings is 2. The van der Waals surface area contributed by atoms with Crippen LogP contribution in [-0.2, 0) is 17.6 Å². The van der Waals surface area contributed by atoms with Crippen molar-refractivity contribution in [2.75, 3.05) is 32.0 Å². The van der Waals surface area contributed by atoms with Crippen LogP contribution in [0.5, 0.6) is 0 Å². The topological polar surface area (TPSA) is 57.6 Å². The molecule has 168 valence electrons. The van der Waals surface area contributed by atoms with Crippen LogP contribution in [0.4, 0.5) is 5.69 Å². The van der Waals surface area contributed by atoms with E-state index in [0.29, 0.717) is 5.92 Å². The monoisotopic (exact) mass is 438 g/mol. The standard InChI is InChI=1S/C28H30N4O/c1-32-18-21(15-20-5-3-2-4-6-20)16-24(19-32)28(33)31-25-8-7-22-11-14-30-27(26(22)17-25)23-9-12-29-13-10-23/h2-10,12-13,17,21,24H,11,14-16,18-19H2,1H3,(H,31,33). The van der Waals surface area contributed by atoms with Crippen molar-refractivity contribution in [3.05, 3.63) is 95.3 Å². The molecule has 1 saturated heterocycles. The van der Waals surface area contributed by atoms with Gasteiger partial charge in [-0.3, -0.25) is 14.8 Å². The number of rotatable bonds is 5. The molecule has 0 radical (unpaired) electrons. The van der Waals surface area contributed by atoms with E-state index in [1.807, 2.05) is 18.2 Å². The molecule has 0 aliphatic carbocycles. The maximum Gasteiger partial charge on any atom is 0.228 e. The number of fused-ring (bicyclic) bond motifs is 1. The number of nitrogens with zero attached hydrogens (tertiary/aromatic N) is 3. The third kappa shape index (κ3) is 5.04. The molecule has 1 fully saturated rings. The Morgan fingerprint density at radius 2 is 1.88 bits per heavy atom. The predicted octanol–water partition coefficient (Wildman–Crippen LogP) is 4.22. The van der Waals surface area contributed by atoms with Gasteiger partial charge in [0.1, 0.15) is 0 Å². The fourth-order valence-electron chi connectivity index (χ4n) is 5.20. The first-order chi connectivity index (χ1) is 16.2. The zero-order chi connectivity index (χ0) is 22.6. The summed E-state index contributed by atoms with van der Waals surface area (Å²) in [4.78, 5) is 24.5. The molecule has 2 aliphatic heterocycles. The second kappa shape index (κ2) is 9.67. The highest BCUT2D eigenvalue weighted by atomic mass is 16.1. The minimum absolute atomic E-state index is 0.0122. The van der Waals surface area contributed by atoms with E-state index >= 15 is 0 Å². The Balaban J connectivity index is 1.30.